The first kappa shape index (κ1) is 14.8. The van der Waals surface area contributed by atoms with Crippen LogP contribution in [-0.2, 0) is 6.54 Å². The molecule has 0 aliphatic carbocycles. The van der Waals surface area contributed by atoms with Crippen LogP contribution in [0.4, 0.5) is 0 Å². The van der Waals surface area contributed by atoms with Crippen LogP contribution in [0.2, 0.25) is 0 Å². The number of aromatic nitrogens is 4. The topological polar surface area (TPSA) is 46.3 Å². The van der Waals surface area contributed by atoms with Gasteiger partial charge in [-0.05, 0) is 53.0 Å². The molecule has 6 heteroatoms. The zero-order valence-corrected chi connectivity index (χ0v) is 14.4. The zero-order valence-electron chi connectivity index (χ0n) is 12.8. The molecule has 3 aromatic heterocycles. The number of imidazole rings is 1. The summed E-state index contributed by atoms with van der Waals surface area (Å²) in [5.41, 5.74) is 2.34. The number of pyridine rings is 1. The molecule has 0 spiro atoms. The summed E-state index contributed by atoms with van der Waals surface area (Å²) >= 11 is 3.68. The standard InChI is InChI=1S/C17H18BrN5/c18-16-14(21-17-20-8-4-10-23(16)17)12-22-9-2-1-6-15(22)13-5-3-7-19-11-13/h3-5,7-8,10-11,15H,1-2,6,9,12H2. The molecule has 4 heterocycles. The molecule has 1 saturated heterocycles. The van der Waals surface area contributed by atoms with Gasteiger partial charge in [0, 0.05) is 37.4 Å². The Labute approximate surface area is 143 Å². The van der Waals surface area contributed by atoms with Crippen molar-refractivity contribution in [2.24, 2.45) is 0 Å². The number of halogens is 1. The van der Waals surface area contributed by atoms with Crippen molar-refractivity contribution in [3.05, 3.63) is 58.8 Å². The molecule has 1 aliphatic rings. The molecule has 1 aliphatic heterocycles. The average molecular weight is 372 g/mol. The number of likely N-dealkylation sites (tertiary alicyclic amines) is 1. The Bertz CT molecular complexity index is 801. The lowest BCUT2D eigenvalue weighted by atomic mass is 9.96. The molecule has 0 amide bonds. The molecule has 4 rings (SSSR count). The highest BCUT2D eigenvalue weighted by molar-refractivity contribution is 9.10. The highest BCUT2D eigenvalue weighted by Crippen LogP contribution is 2.32. The van der Waals surface area contributed by atoms with Crippen molar-refractivity contribution in [1.82, 2.24) is 24.3 Å². The molecule has 5 nitrogen and oxygen atoms in total. The predicted octanol–water partition coefficient (Wildman–Crippen LogP) is 3.61. The minimum absolute atomic E-state index is 0.419. The lowest BCUT2D eigenvalue weighted by molar-refractivity contribution is 0.138. The van der Waals surface area contributed by atoms with Crippen LogP contribution in [0, 0.1) is 0 Å². The highest BCUT2D eigenvalue weighted by atomic mass is 79.9. The Morgan fingerprint density at radius 3 is 3.00 bits per heavy atom. The van der Waals surface area contributed by atoms with Crippen molar-refractivity contribution >= 4 is 21.7 Å². The van der Waals surface area contributed by atoms with E-state index >= 15 is 0 Å². The second-order valence-corrected chi connectivity index (χ2v) is 6.66. The second-order valence-electron chi connectivity index (χ2n) is 5.91. The Balaban J connectivity index is 1.64. The van der Waals surface area contributed by atoms with Gasteiger partial charge in [0.1, 0.15) is 4.60 Å². The summed E-state index contributed by atoms with van der Waals surface area (Å²) in [4.78, 5) is 15.8. The molecule has 0 saturated carbocycles. The monoisotopic (exact) mass is 371 g/mol. The SMILES string of the molecule is Brc1c(CN2CCCCC2c2cccnc2)nc2ncccn12. The van der Waals surface area contributed by atoms with Crippen molar-refractivity contribution in [2.75, 3.05) is 6.54 Å². The Morgan fingerprint density at radius 2 is 2.17 bits per heavy atom. The maximum absolute atomic E-state index is 4.68. The van der Waals surface area contributed by atoms with Gasteiger partial charge in [0.25, 0.3) is 0 Å². The van der Waals surface area contributed by atoms with Gasteiger partial charge in [-0.15, -0.1) is 0 Å². The first-order chi connectivity index (χ1) is 11.3. The van der Waals surface area contributed by atoms with E-state index in [0.717, 1.165) is 29.2 Å². The van der Waals surface area contributed by atoms with Crippen molar-refractivity contribution in [1.29, 1.82) is 0 Å². The minimum atomic E-state index is 0.419. The van der Waals surface area contributed by atoms with Gasteiger partial charge in [0.15, 0.2) is 0 Å². The lowest BCUT2D eigenvalue weighted by Gasteiger charge is -2.35. The lowest BCUT2D eigenvalue weighted by Crippen LogP contribution is -2.33. The molecule has 1 fully saturated rings. The average Bonchev–Trinajstić information content (AvgIpc) is 2.92. The molecule has 0 N–H and O–H groups in total. The Kier molecular flexibility index (Phi) is 4.10. The molecular formula is C17H18BrN5. The van der Waals surface area contributed by atoms with Gasteiger partial charge in [0.2, 0.25) is 5.78 Å². The third kappa shape index (κ3) is 2.88. The van der Waals surface area contributed by atoms with Gasteiger partial charge in [0.05, 0.1) is 5.69 Å². The molecule has 0 radical (unpaired) electrons. The first-order valence-corrected chi connectivity index (χ1v) is 8.73. The summed E-state index contributed by atoms with van der Waals surface area (Å²) in [5, 5.41) is 0. The van der Waals surface area contributed by atoms with Crippen LogP contribution in [0.15, 0.2) is 47.6 Å². The maximum atomic E-state index is 4.68. The number of rotatable bonds is 3. The first-order valence-electron chi connectivity index (χ1n) is 7.94. The van der Waals surface area contributed by atoms with Crippen LogP contribution >= 0.6 is 15.9 Å². The summed E-state index contributed by atoms with van der Waals surface area (Å²) in [6, 6.07) is 6.54. The van der Waals surface area contributed by atoms with E-state index in [1.54, 1.807) is 6.20 Å². The molecule has 23 heavy (non-hydrogen) atoms. The quantitative estimate of drug-likeness (QED) is 0.705. The van der Waals surface area contributed by atoms with Gasteiger partial charge in [-0.25, -0.2) is 9.97 Å². The van der Waals surface area contributed by atoms with Crippen LogP contribution in [-0.4, -0.2) is 30.8 Å². The number of nitrogens with zero attached hydrogens (tertiary/aromatic N) is 5. The zero-order chi connectivity index (χ0) is 15.6. The van der Waals surface area contributed by atoms with Gasteiger partial charge in [-0.1, -0.05) is 12.5 Å². The summed E-state index contributed by atoms with van der Waals surface area (Å²) in [6.07, 6.45) is 11.3. The summed E-state index contributed by atoms with van der Waals surface area (Å²) in [7, 11) is 0. The van der Waals surface area contributed by atoms with E-state index in [2.05, 4.69) is 41.8 Å². The molecular weight excluding hydrogens is 354 g/mol. The normalized spacial score (nSPS) is 19.3. The highest BCUT2D eigenvalue weighted by Gasteiger charge is 2.26. The van der Waals surface area contributed by atoms with Crippen molar-refractivity contribution in [2.45, 2.75) is 31.8 Å². The maximum Gasteiger partial charge on any atom is 0.234 e. The Morgan fingerprint density at radius 1 is 1.22 bits per heavy atom. The summed E-state index contributed by atoms with van der Waals surface area (Å²) in [5.74, 6) is 0.740. The van der Waals surface area contributed by atoms with Gasteiger partial charge < -0.3 is 0 Å². The van der Waals surface area contributed by atoms with Gasteiger partial charge >= 0.3 is 0 Å². The number of hydrogen-bond donors (Lipinski definition) is 0. The summed E-state index contributed by atoms with van der Waals surface area (Å²) in [6.45, 7) is 1.91. The van der Waals surface area contributed by atoms with E-state index < -0.39 is 0 Å². The van der Waals surface area contributed by atoms with Crippen LogP contribution < -0.4 is 0 Å². The minimum Gasteiger partial charge on any atom is -0.290 e. The van der Waals surface area contributed by atoms with E-state index in [1.807, 2.05) is 35.1 Å². The van der Waals surface area contributed by atoms with E-state index in [0.29, 0.717) is 6.04 Å². The van der Waals surface area contributed by atoms with E-state index in [4.69, 9.17) is 0 Å². The summed E-state index contributed by atoms with van der Waals surface area (Å²) < 4.78 is 2.98. The van der Waals surface area contributed by atoms with Crippen LogP contribution in [0.25, 0.3) is 5.78 Å². The third-order valence-corrected chi connectivity index (χ3v) is 5.29. The van der Waals surface area contributed by atoms with E-state index in [1.165, 1.54) is 24.8 Å². The molecule has 3 aromatic rings. The van der Waals surface area contributed by atoms with Crippen molar-refractivity contribution < 1.29 is 0 Å². The fourth-order valence-corrected chi connectivity index (χ4v) is 3.82. The fraction of sp³-hybridized carbons (Fsp3) is 0.353. The van der Waals surface area contributed by atoms with Gasteiger partial charge in [-0.2, -0.15) is 0 Å². The van der Waals surface area contributed by atoms with E-state index in [9.17, 15) is 0 Å². The Hall–Kier alpha value is -1.79. The molecule has 1 unspecified atom stereocenters. The van der Waals surface area contributed by atoms with E-state index in [-0.39, 0.29) is 0 Å². The third-order valence-electron chi connectivity index (χ3n) is 4.45. The van der Waals surface area contributed by atoms with Crippen molar-refractivity contribution in [3.8, 4) is 0 Å². The fourth-order valence-electron chi connectivity index (χ4n) is 3.33. The van der Waals surface area contributed by atoms with Crippen molar-refractivity contribution in [3.63, 3.8) is 0 Å². The largest absolute Gasteiger partial charge is 0.290 e. The number of piperidine rings is 1. The molecule has 0 aromatic carbocycles. The smallest absolute Gasteiger partial charge is 0.234 e. The molecule has 118 valence electrons. The van der Waals surface area contributed by atoms with Crippen LogP contribution in [0.3, 0.4) is 0 Å². The van der Waals surface area contributed by atoms with Crippen LogP contribution in [0.1, 0.15) is 36.6 Å². The predicted molar refractivity (Wildman–Crippen MR) is 91.9 cm³/mol. The van der Waals surface area contributed by atoms with Gasteiger partial charge in [-0.3, -0.25) is 14.3 Å². The number of fused-ring (bicyclic) bond motifs is 1. The molecule has 0 bridgehead atoms. The molecule has 1 atom stereocenters. The van der Waals surface area contributed by atoms with Crippen LogP contribution in [0.5, 0.6) is 0 Å². The number of hydrogen-bond acceptors (Lipinski definition) is 4. The second kappa shape index (κ2) is 6.37.